The highest BCUT2D eigenvalue weighted by Gasteiger charge is 2.32. The molecule has 3 aromatic carbocycles. The zero-order valence-corrected chi connectivity index (χ0v) is 17.7. The highest BCUT2D eigenvalue weighted by Crippen LogP contribution is 2.41. The molecular weight excluding hydrogens is 446 g/mol. The van der Waals surface area contributed by atoms with Crippen LogP contribution in [0.1, 0.15) is 29.2 Å². The molecule has 0 aromatic heterocycles. The Morgan fingerprint density at radius 2 is 1.80 bits per heavy atom. The number of non-ortho nitro benzene ring substituents is 1. The van der Waals surface area contributed by atoms with Gasteiger partial charge in [0.1, 0.15) is 5.84 Å². The minimum Gasteiger partial charge on any atom is -0.396 e. The van der Waals surface area contributed by atoms with Crippen LogP contribution in [0, 0.1) is 10.1 Å². The summed E-state index contributed by atoms with van der Waals surface area (Å²) in [6, 6.07) is 22.5. The van der Waals surface area contributed by atoms with E-state index in [1.54, 1.807) is 12.1 Å². The molecule has 0 aliphatic carbocycles. The fourth-order valence-electron chi connectivity index (χ4n) is 3.75. The van der Waals surface area contributed by atoms with Crippen LogP contribution in [-0.4, -0.2) is 33.9 Å². The van der Waals surface area contributed by atoms with Crippen molar-refractivity contribution in [3.8, 4) is 0 Å². The minimum atomic E-state index is -0.407. The molecule has 3 aromatic rings. The average Bonchev–Trinajstić information content (AvgIpc) is 2.77. The molecule has 0 amide bonds. The van der Waals surface area contributed by atoms with E-state index in [1.165, 1.54) is 12.1 Å². The minimum absolute atomic E-state index is 0.0426. The van der Waals surface area contributed by atoms with Crippen LogP contribution in [0.3, 0.4) is 0 Å². The maximum Gasteiger partial charge on any atom is 0.269 e. The smallest absolute Gasteiger partial charge is 0.269 e. The lowest BCUT2D eigenvalue weighted by molar-refractivity contribution is -0.384. The SMILES string of the molecule is O=[N+]([O-])c1ccc(C2=Nc3ccc(Br)cc3C(c3ccccc3)N2CCCO)cc1. The second kappa shape index (κ2) is 8.77. The van der Waals surface area contributed by atoms with Crippen molar-refractivity contribution in [2.45, 2.75) is 12.5 Å². The van der Waals surface area contributed by atoms with Gasteiger partial charge in [0, 0.05) is 40.9 Å². The lowest BCUT2D eigenvalue weighted by atomic mass is 9.92. The fourth-order valence-corrected chi connectivity index (χ4v) is 4.13. The molecule has 1 unspecified atom stereocenters. The van der Waals surface area contributed by atoms with E-state index in [9.17, 15) is 15.2 Å². The summed E-state index contributed by atoms with van der Waals surface area (Å²) in [6.07, 6.45) is 0.582. The van der Waals surface area contributed by atoms with Gasteiger partial charge in [-0.05, 0) is 42.3 Å². The van der Waals surface area contributed by atoms with E-state index >= 15 is 0 Å². The summed E-state index contributed by atoms with van der Waals surface area (Å²) in [5.41, 5.74) is 3.89. The molecule has 1 atom stereocenters. The van der Waals surface area contributed by atoms with E-state index in [4.69, 9.17) is 4.99 Å². The number of fused-ring (bicyclic) bond motifs is 1. The predicted octanol–water partition coefficient (Wildman–Crippen LogP) is 5.22. The lowest BCUT2D eigenvalue weighted by Crippen LogP contribution is -2.39. The Balaban J connectivity index is 1.88. The lowest BCUT2D eigenvalue weighted by Gasteiger charge is -2.39. The third-order valence-electron chi connectivity index (χ3n) is 5.10. The Morgan fingerprint density at radius 1 is 1.07 bits per heavy atom. The Labute approximate surface area is 182 Å². The van der Waals surface area contributed by atoms with Crippen molar-refractivity contribution in [3.05, 3.63) is 104 Å². The van der Waals surface area contributed by atoms with Gasteiger partial charge in [0.2, 0.25) is 0 Å². The molecule has 4 rings (SSSR count). The number of rotatable bonds is 6. The maximum absolute atomic E-state index is 11.1. The third-order valence-corrected chi connectivity index (χ3v) is 5.60. The van der Waals surface area contributed by atoms with Crippen LogP contribution in [0.25, 0.3) is 0 Å². The van der Waals surface area contributed by atoms with Gasteiger partial charge in [0.05, 0.1) is 16.7 Å². The number of benzene rings is 3. The molecule has 152 valence electrons. The molecule has 0 saturated carbocycles. The molecule has 1 aliphatic rings. The Morgan fingerprint density at radius 3 is 2.47 bits per heavy atom. The predicted molar refractivity (Wildman–Crippen MR) is 120 cm³/mol. The first-order valence-corrected chi connectivity index (χ1v) is 10.4. The molecule has 30 heavy (non-hydrogen) atoms. The fraction of sp³-hybridized carbons (Fsp3) is 0.174. The Kier molecular flexibility index (Phi) is 5.92. The van der Waals surface area contributed by atoms with Gasteiger partial charge in [-0.3, -0.25) is 10.1 Å². The molecule has 0 bridgehead atoms. The number of amidine groups is 1. The van der Waals surface area contributed by atoms with Gasteiger partial charge < -0.3 is 10.0 Å². The molecule has 7 heteroatoms. The summed E-state index contributed by atoms with van der Waals surface area (Å²) in [4.78, 5) is 17.7. The van der Waals surface area contributed by atoms with Crippen molar-refractivity contribution in [2.75, 3.05) is 13.2 Å². The molecule has 1 aliphatic heterocycles. The first-order chi connectivity index (χ1) is 14.6. The van der Waals surface area contributed by atoms with Gasteiger partial charge >= 0.3 is 0 Å². The molecule has 0 radical (unpaired) electrons. The van der Waals surface area contributed by atoms with Crippen LogP contribution in [0.4, 0.5) is 11.4 Å². The van der Waals surface area contributed by atoms with Crippen molar-refractivity contribution in [2.24, 2.45) is 4.99 Å². The maximum atomic E-state index is 11.1. The summed E-state index contributed by atoms with van der Waals surface area (Å²) in [7, 11) is 0. The van der Waals surface area contributed by atoms with Crippen LogP contribution in [-0.2, 0) is 0 Å². The van der Waals surface area contributed by atoms with Crippen molar-refractivity contribution < 1.29 is 10.0 Å². The summed E-state index contributed by atoms with van der Waals surface area (Å²) < 4.78 is 0.971. The molecule has 0 fully saturated rings. The van der Waals surface area contributed by atoms with Crippen molar-refractivity contribution in [1.29, 1.82) is 0 Å². The molecule has 1 heterocycles. The van der Waals surface area contributed by atoms with Gasteiger partial charge in [-0.1, -0.05) is 46.3 Å². The van der Waals surface area contributed by atoms with Crippen LogP contribution >= 0.6 is 15.9 Å². The Bertz CT molecular complexity index is 1080. The van der Waals surface area contributed by atoms with Crippen LogP contribution < -0.4 is 0 Å². The molecular formula is C23H20BrN3O3. The number of nitro groups is 1. The highest BCUT2D eigenvalue weighted by atomic mass is 79.9. The number of nitrogens with zero attached hydrogens (tertiary/aromatic N) is 3. The van der Waals surface area contributed by atoms with E-state index in [-0.39, 0.29) is 18.3 Å². The van der Waals surface area contributed by atoms with Crippen LogP contribution in [0.2, 0.25) is 0 Å². The largest absolute Gasteiger partial charge is 0.396 e. The topological polar surface area (TPSA) is 79.0 Å². The number of hydrogen-bond donors (Lipinski definition) is 1. The zero-order chi connectivity index (χ0) is 21.1. The second-order valence-electron chi connectivity index (χ2n) is 7.03. The van der Waals surface area contributed by atoms with Crippen molar-refractivity contribution in [1.82, 2.24) is 4.90 Å². The summed E-state index contributed by atoms with van der Waals surface area (Å²) >= 11 is 3.57. The number of aliphatic hydroxyl groups excluding tert-OH is 1. The third kappa shape index (κ3) is 3.99. The molecule has 0 spiro atoms. The van der Waals surface area contributed by atoms with E-state index in [1.807, 2.05) is 30.3 Å². The average molecular weight is 466 g/mol. The number of nitro benzene ring substituents is 1. The number of aliphatic hydroxyl groups is 1. The van der Waals surface area contributed by atoms with Crippen LogP contribution in [0.15, 0.2) is 82.3 Å². The van der Waals surface area contributed by atoms with Crippen molar-refractivity contribution in [3.63, 3.8) is 0 Å². The standard InChI is InChI=1S/C23H20BrN3O3/c24-18-9-12-21-20(15-18)22(16-5-2-1-3-6-16)26(13-4-14-28)23(25-21)17-7-10-19(11-8-17)27(29)30/h1-3,5-12,15,22,28H,4,13-14H2. The van der Waals surface area contributed by atoms with Gasteiger partial charge in [-0.15, -0.1) is 0 Å². The van der Waals surface area contributed by atoms with Gasteiger partial charge in [-0.2, -0.15) is 0 Å². The quantitative estimate of drug-likeness (QED) is 0.399. The molecule has 6 nitrogen and oxygen atoms in total. The van der Waals surface area contributed by atoms with Gasteiger partial charge in [0.25, 0.3) is 5.69 Å². The summed E-state index contributed by atoms with van der Waals surface area (Å²) in [6.45, 7) is 0.661. The van der Waals surface area contributed by atoms with Crippen molar-refractivity contribution >= 4 is 33.1 Å². The summed E-state index contributed by atoms with van der Waals surface area (Å²) in [5, 5.41) is 20.6. The molecule has 0 saturated heterocycles. The molecule has 1 N–H and O–H groups in total. The number of aliphatic imine (C=N–C) groups is 1. The van der Waals surface area contributed by atoms with Crippen LogP contribution in [0.5, 0.6) is 0 Å². The van der Waals surface area contributed by atoms with E-state index in [2.05, 4.69) is 39.0 Å². The van der Waals surface area contributed by atoms with Gasteiger partial charge in [0.15, 0.2) is 0 Å². The van der Waals surface area contributed by atoms with Gasteiger partial charge in [-0.25, -0.2) is 4.99 Å². The van der Waals surface area contributed by atoms with E-state index in [0.717, 1.165) is 32.7 Å². The summed E-state index contributed by atoms with van der Waals surface area (Å²) in [5.74, 6) is 0.738. The monoisotopic (exact) mass is 465 g/mol. The Hall–Kier alpha value is -3.03. The zero-order valence-electron chi connectivity index (χ0n) is 16.1. The first-order valence-electron chi connectivity index (χ1n) is 9.64. The highest BCUT2D eigenvalue weighted by molar-refractivity contribution is 9.10. The number of halogens is 1. The van der Waals surface area contributed by atoms with E-state index in [0.29, 0.717) is 13.0 Å². The van der Waals surface area contributed by atoms with E-state index < -0.39 is 4.92 Å². The normalized spacial score (nSPS) is 15.5. The first kappa shape index (κ1) is 20.3. The number of hydrogen-bond acceptors (Lipinski definition) is 5. The second-order valence-corrected chi connectivity index (χ2v) is 7.94.